The maximum absolute atomic E-state index is 2.45. The second kappa shape index (κ2) is 4.78. The molecule has 0 aromatic rings. The fourth-order valence-corrected chi connectivity index (χ4v) is 5.53. The molecule has 0 unspecified atom stereocenters. The standard InChI is InChI=1S/C19H34/c1-17(2,3)16-6-10-19(11-7-16)14-12-18(13-15-19)8-4-5-9-18/h16H,4-15H2,1-3H3. The van der Waals surface area contributed by atoms with Gasteiger partial charge in [-0.25, -0.2) is 0 Å². The number of rotatable bonds is 0. The average molecular weight is 262 g/mol. The Balaban J connectivity index is 1.57. The summed E-state index contributed by atoms with van der Waals surface area (Å²) < 4.78 is 0. The summed E-state index contributed by atoms with van der Waals surface area (Å²) in [4.78, 5) is 0. The van der Waals surface area contributed by atoms with Gasteiger partial charge in [0.25, 0.3) is 0 Å². The fourth-order valence-electron chi connectivity index (χ4n) is 5.53. The van der Waals surface area contributed by atoms with Gasteiger partial charge in [-0.15, -0.1) is 0 Å². The summed E-state index contributed by atoms with van der Waals surface area (Å²) in [6.45, 7) is 7.35. The van der Waals surface area contributed by atoms with Gasteiger partial charge in [-0.1, -0.05) is 33.6 Å². The third kappa shape index (κ3) is 2.74. The highest BCUT2D eigenvalue weighted by molar-refractivity contribution is 4.97. The van der Waals surface area contributed by atoms with Gasteiger partial charge < -0.3 is 0 Å². The van der Waals surface area contributed by atoms with E-state index in [0.717, 1.165) is 16.7 Å². The lowest BCUT2D eigenvalue weighted by molar-refractivity contribution is 0.0158. The third-order valence-electron chi connectivity index (χ3n) is 7.31. The van der Waals surface area contributed by atoms with Crippen molar-refractivity contribution in [2.24, 2.45) is 22.2 Å². The Morgan fingerprint density at radius 2 is 1.05 bits per heavy atom. The predicted octanol–water partition coefficient (Wildman–Crippen LogP) is 6.34. The first-order valence-electron chi connectivity index (χ1n) is 8.93. The SMILES string of the molecule is CC(C)(C)C1CCC2(CC1)CCC1(CCCC1)CC2. The van der Waals surface area contributed by atoms with Crippen LogP contribution in [0.2, 0.25) is 0 Å². The molecule has 110 valence electrons. The molecule has 2 spiro atoms. The lowest BCUT2D eigenvalue weighted by atomic mass is 9.55. The maximum Gasteiger partial charge on any atom is -0.0297 e. The van der Waals surface area contributed by atoms with E-state index in [0.29, 0.717) is 5.41 Å². The first-order valence-corrected chi connectivity index (χ1v) is 8.93. The van der Waals surface area contributed by atoms with Crippen LogP contribution < -0.4 is 0 Å². The molecule has 3 rings (SSSR count). The van der Waals surface area contributed by atoms with Gasteiger partial charge in [0.15, 0.2) is 0 Å². The summed E-state index contributed by atoms with van der Waals surface area (Å²) in [5, 5.41) is 0. The van der Waals surface area contributed by atoms with Crippen LogP contribution >= 0.6 is 0 Å². The van der Waals surface area contributed by atoms with Gasteiger partial charge in [0.2, 0.25) is 0 Å². The van der Waals surface area contributed by atoms with Crippen molar-refractivity contribution in [1.82, 2.24) is 0 Å². The molecule has 3 aliphatic carbocycles. The van der Waals surface area contributed by atoms with E-state index in [-0.39, 0.29) is 0 Å². The summed E-state index contributed by atoms with van der Waals surface area (Å²) in [7, 11) is 0. The molecule has 0 nitrogen and oxygen atoms in total. The first-order chi connectivity index (χ1) is 8.93. The molecule has 0 bridgehead atoms. The predicted molar refractivity (Wildman–Crippen MR) is 83.2 cm³/mol. The molecule has 0 N–H and O–H groups in total. The molecule has 0 radical (unpaired) electrons. The molecule has 3 fully saturated rings. The van der Waals surface area contributed by atoms with E-state index in [1.165, 1.54) is 25.7 Å². The Bertz CT molecular complexity index is 293. The number of hydrogen-bond donors (Lipinski definition) is 0. The molecule has 0 aromatic heterocycles. The zero-order valence-corrected chi connectivity index (χ0v) is 13.6. The Morgan fingerprint density at radius 3 is 1.47 bits per heavy atom. The molecule has 0 heteroatoms. The molecule has 3 aliphatic rings. The van der Waals surface area contributed by atoms with Crippen LogP contribution in [0.25, 0.3) is 0 Å². The van der Waals surface area contributed by atoms with E-state index in [1.807, 2.05) is 0 Å². The van der Waals surface area contributed by atoms with Crippen LogP contribution in [-0.2, 0) is 0 Å². The van der Waals surface area contributed by atoms with Gasteiger partial charge in [0.1, 0.15) is 0 Å². The topological polar surface area (TPSA) is 0 Å². The Morgan fingerprint density at radius 1 is 0.632 bits per heavy atom. The van der Waals surface area contributed by atoms with Crippen LogP contribution in [0.1, 0.15) is 97.8 Å². The van der Waals surface area contributed by atoms with Crippen LogP contribution in [0, 0.1) is 22.2 Å². The van der Waals surface area contributed by atoms with Crippen molar-refractivity contribution in [2.75, 3.05) is 0 Å². The van der Waals surface area contributed by atoms with Crippen LogP contribution in [0.5, 0.6) is 0 Å². The molecule has 0 aromatic carbocycles. The van der Waals surface area contributed by atoms with Gasteiger partial charge in [0.05, 0.1) is 0 Å². The molecule has 0 heterocycles. The Labute approximate surface area is 120 Å². The molecular weight excluding hydrogens is 228 g/mol. The zero-order chi connectivity index (χ0) is 13.6. The molecule has 3 saturated carbocycles. The van der Waals surface area contributed by atoms with Crippen molar-refractivity contribution in [1.29, 1.82) is 0 Å². The van der Waals surface area contributed by atoms with Crippen molar-refractivity contribution < 1.29 is 0 Å². The van der Waals surface area contributed by atoms with Gasteiger partial charge in [-0.05, 0) is 86.4 Å². The summed E-state index contributed by atoms with van der Waals surface area (Å²) in [6.07, 6.45) is 18.6. The van der Waals surface area contributed by atoms with Crippen molar-refractivity contribution >= 4 is 0 Å². The minimum absolute atomic E-state index is 0.545. The normalized spacial score (nSPS) is 31.1. The molecule has 0 amide bonds. The molecule has 0 atom stereocenters. The fraction of sp³-hybridized carbons (Fsp3) is 1.00. The Hall–Kier alpha value is 0. The highest BCUT2D eigenvalue weighted by Crippen LogP contribution is 2.59. The quantitative estimate of drug-likeness (QED) is 0.477. The molecule has 19 heavy (non-hydrogen) atoms. The molecular formula is C19H34. The summed E-state index contributed by atoms with van der Waals surface area (Å²) in [5.41, 5.74) is 2.16. The highest BCUT2D eigenvalue weighted by atomic mass is 14.5. The van der Waals surface area contributed by atoms with Crippen molar-refractivity contribution in [2.45, 2.75) is 97.8 Å². The monoisotopic (exact) mass is 262 g/mol. The minimum Gasteiger partial charge on any atom is -0.0599 e. The summed E-state index contributed by atoms with van der Waals surface area (Å²) in [5.74, 6) is 0.987. The van der Waals surface area contributed by atoms with Crippen molar-refractivity contribution in [3.05, 3.63) is 0 Å². The van der Waals surface area contributed by atoms with Crippen LogP contribution in [-0.4, -0.2) is 0 Å². The second-order valence-electron chi connectivity index (χ2n) is 9.35. The molecule has 0 saturated heterocycles. The minimum atomic E-state index is 0.545. The van der Waals surface area contributed by atoms with Gasteiger partial charge in [0, 0.05) is 0 Å². The van der Waals surface area contributed by atoms with Crippen LogP contribution in [0.3, 0.4) is 0 Å². The summed E-state index contributed by atoms with van der Waals surface area (Å²) >= 11 is 0. The van der Waals surface area contributed by atoms with Crippen molar-refractivity contribution in [3.8, 4) is 0 Å². The van der Waals surface area contributed by atoms with Gasteiger partial charge >= 0.3 is 0 Å². The van der Waals surface area contributed by atoms with E-state index in [9.17, 15) is 0 Å². The van der Waals surface area contributed by atoms with Gasteiger partial charge in [-0.3, -0.25) is 0 Å². The van der Waals surface area contributed by atoms with Crippen LogP contribution in [0.15, 0.2) is 0 Å². The zero-order valence-electron chi connectivity index (χ0n) is 13.6. The smallest absolute Gasteiger partial charge is 0.0297 e. The van der Waals surface area contributed by atoms with E-state index >= 15 is 0 Å². The van der Waals surface area contributed by atoms with Crippen molar-refractivity contribution in [3.63, 3.8) is 0 Å². The van der Waals surface area contributed by atoms with E-state index in [4.69, 9.17) is 0 Å². The lowest BCUT2D eigenvalue weighted by Crippen LogP contribution is -2.38. The van der Waals surface area contributed by atoms with E-state index in [1.54, 1.807) is 51.4 Å². The van der Waals surface area contributed by atoms with E-state index in [2.05, 4.69) is 20.8 Å². The maximum atomic E-state index is 2.45. The Kier molecular flexibility index (Phi) is 3.51. The first kappa shape index (κ1) is 14.0. The highest BCUT2D eigenvalue weighted by Gasteiger charge is 2.45. The summed E-state index contributed by atoms with van der Waals surface area (Å²) in [6, 6.07) is 0. The van der Waals surface area contributed by atoms with Crippen LogP contribution in [0.4, 0.5) is 0 Å². The number of hydrogen-bond acceptors (Lipinski definition) is 0. The third-order valence-corrected chi connectivity index (χ3v) is 7.31. The second-order valence-corrected chi connectivity index (χ2v) is 9.35. The van der Waals surface area contributed by atoms with E-state index < -0.39 is 0 Å². The molecule has 0 aliphatic heterocycles. The lowest BCUT2D eigenvalue weighted by Gasteiger charge is -2.50. The van der Waals surface area contributed by atoms with Gasteiger partial charge in [-0.2, -0.15) is 0 Å². The largest absolute Gasteiger partial charge is 0.0599 e. The average Bonchev–Trinajstić information content (AvgIpc) is 2.82.